The molecule has 1 fully saturated rings. The van der Waals surface area contributed by atoms with Gasteiger partial charge in [0.05, 0.1) is 0 Å². The van der Waals surface area contributed by atoms with Gasteiger partial charge in [-0.15, -0.1) is 0 Å². The predicted octanol–water partition coefficient (Wildman–Crippen LogP) is 1.95. The highest BCUT2D eigenvalue weighted by Gasteiger charge is 2.52. The molecule has 0 aromatic heterocycles. The zero-order chi connectivity index (χ0) is 8.84. The molecule has 1 nitrogen and oxygen atoms in total. The van der Waals surface area contributed by atoms with Crippen LogP contribution in [-0.4, -0.2) is 11.7 Å². The lowest BCUT2D eigenvalue weighted by Crippen LogP contribution is -2.00. The molecule has 0 saturated heterocycles. The predicted molar refractivity (Wildman–Crippen MR) is 51.6 cm³/mol. The minimum Gasteiger partial charge on any atom is -0.396 e. The maximum atomic E-state index is 9.16. The first-order valence-corrected chi connectivity index (χ1v) is 5.10. The van der Waals surface area contributed by atoms with Crippen LogP contribution in [0.15, 0.2) is 24.3 Å². The maximum absolute atomic E-state index is 9.16. The fourth-order valence-electron chi connectivity index (χ4n) is 2.96. The number of benzene rings is 1. The van der Waals surface area contributed by atoms with Crippen LogP contribution in [0.1, 0.15) is 23.5 Å². The Morgan fingerprint density at radius 2 is 2.15 bits per heavy atom. The van der Waals surface area contributed by atoms with Crippen molar-refractivity contribution in [1.29, 1.82) is 0 Å². The minimum absolute atomic E-state index is 0.379. The van der Waals surface area contributed by atoms with Crippen molar-refractivity contribution in [2.45, 2.75) is 18.8 Å². The van der Waals surface area contributed by atoms with Crippen molar-refractivity contribution in [1.82, 2.24) is 0 Å². The number of rotatable bonds is 1. The largest absolute Gasteiger partial charge is 0.396 e. The first-order chi connectivity index (χ1) is 6.42. The third-order valence-corrected chi connectivity index (χ3v) is 3.70. The summed E-state index contributed by atoms with van der Waals surface area (Å²) in [6, 6.07) is 8.71. The van der Waals surface area contributed by atoms with Crippen LogP contribution >= 0.6 is 0 Å². The van der Waals surface area contributed by atoms with E-state index in [9.17, 15) is 0 Å². The van der Waals surface area contributed by atoms with Gasteiger partial charge >= 0.3 is 0 Å². The van der Waals surface area contributed by atoms with Crippen LogP contribution in [0.2, 0.25) is 0 Å². The molecule has 3 rings (SSSR count). The standard InChI is InChI=1S/C12H14O/c13-7-11-10-6-5-8-3-1-2-4-9(8)12(10)11/h1-4,10-13H,5-7H2/t10-,11-,12-/m0/s1. The molecule has 3 atom stereocenters. The van der Waals surface area contributed by atoms with Crippen molar-refractivity contribution in [3.05, 3.63) is 35.4 Å². The van der Waals surface area contributed by atoms with Crippen molar-refractivity contribution in [3.8, 4) is 0 Å². The fourth-order valence-corrected chi connectivity index (χ4v) is 2.96. The number of fused-ring (bicyclic) bond motifs is 3. The zero-order valence-electron chi connectivity index (χ0n) is 7.61. The van der Waals surface area contributed by atoms with Crippen molar-refractivity contribution < 1.29 is 5.11 Å². The van der Waals surface area contributed by atoms with E-state index in [2.05, 4.69) is 24.3 Å². The molecule has 2 aliphatic carbocycles. The van der Waals surface area contributed by atoms with Gasteiger partial charge in [0, 0.05) is 6.61 Å². The lowest BCUT2D eigenvalue weighted by Gasteiger charge is -2.13. The summed E-state index contributed by atoms with van der Waals surface area (Å²) in [5, 5.41) is 9.16. The lowest BCUT2D eigenvalue weighted by atomic mass is 9.92. The van der Waals surface area contributed by atoms with Gasteiger partial charge in [-0.1, -0.05) is 24.3 Å². The average Bonchev–Trinajstić information content (AvgIpc) is 2.91. The monoisotopic (exact) mass is 174 g/mol. The highest BCUT2D eigenvalue weighted by atomic mass is 16.3. The molecule has 1 saturated carbocycles. The van der Waals surface area contributed by atoms with Gasteiger partial charge in [-0.25, -0.2) is 0 Å². The molecule has 68 valence electrons. The molecule has 1 aromatic carbocycles. The van der Waals surface area contributed by atoms with Crippen LogP contribution in [0.4, 0.5) is 0 Å². The smallest absolute Gasteiger partial charge is 0.0468 e. The van der Waals surface area contributed by atoms with Crippen LogP contribution in [0, 0.1) is 11.8 Å². The van der Waals surface area contributed by atoms with Crippen LogP contribution in [0.3, 0.4) is 0 Å². The van der Waals surface area contributed by atoms with E-state index in [-0.39, 0.29) is 0 Å². The van der Waals surface area contributed by atoms with E-state index >= 15 is 0 Å². The molecule has 0 radical (unpaired) electrons. The molecule has 0 bridgehead atoms. The quantitative estimate of drug-likeness (QED) is 0.690. The molecule has 13 heavy (non-hydrogen) atoms. The molecule has 2 aliphatic rings. The summed E-state index contributed by atoms with van der Waals surface area (Å²) in [6.07, 6.45) is 2.50. The number of aryl methyl sites for hydroxylation is 1. The van der Waals surface area contributed by atoms with E-state index in [1.165, 1.54) is 24.0 Å². The molecular weight excluding hydrogens is 160 g/mol. The SMILES string of the molecule is OC[C@H]1[C@@H]2CCc3ccccc3[C@H]12. The third-order valence-electron chi connectivity index (χ3n) is 3.70. The van der Waals surface area contributed by atoms with Crippen molar-refractivity contribution in [3.63, 3.8) is 0 Å². The highest BCUT2D eigenvalue weighted by Crippen LogP contribution is 2.59. The Morgan fingerprint density at radius 1 is 1.31 bits per heavy atom. The second kappa shape index (κ2) is 2.58. The third kappa shape index (κ3) is 0.969. The Morgan fingerprint density at radius 3 is 3.00 bits per heavy atom. The highest BCUT2D eigenvalue weighted by molar-refractivity contribution is 5.39. The summed E-state index contributed by atoms with van der Waals surface area (Å²) in [6.45, 7) is 0.379. The molecule has 1 N–H and O–H groups in total. The van der Waals surface area contributed by atoms with Gasteiger partial charge < -0.3 is 5.11 Å². The van der Waals surface area contributed by atoms with Crippen LogP contribution in [0.25, 0.3) is 0 Å². The van der Waals surface area contributed by atoms with Crippen molar-refractivity contribution in [2.24, 2.45) is 11.8 Å². The Balaban J connectivity index is 2.00. The van der Waals surface area contributed by atoms with E-state index in [1.807, 2.05) is 0 Å². The van der Waals surface area contributed by atoms with Gasteiger partial charge in [-0.05, 0) is 41.7 Å². The van der Waals surface area contributed by atoms with Gasteiger partial charge in [-0.3, -0.25) is 0 Å². The number of hydrogen-bond acceptors (Lipinski definition) is 1. The Hall–Kier alpha value is -0.820. The zero-order valence-corrected chi connectivity index (χ0v) is 7.61. The maximum Gasteiger partial charge on any atom is 0.0468 e. The molecule has 0 aliphatic heterocycles. The summed E-state index contributed by atoms with van der Waals surface area (Å²) in [4.78, 5) is 0. The number of hydrogen-bond donors (Lipinski definition) is 1. The molecular formula is C12H14O. The summed E-state index contributed by atoms with van der Waals surface area (Å²) in [5.41, 5.74) is 3.03. The van der Waals surface area contributed by atoms with Gasteiger partial charge in [-0.2, -0.15) is 0 Å². The molecule has 0 heterocycles. The molecule has 0 unspecified atom stereocenters. The van der Waals surface area contributed by atoms with E-state index < -0.39 is 0 Å². The van der Waals surface area contributed by atoms with Crippen molar-refractivity contribution >= 4 is 0 Å². The van der Waals surface area contributed by atoms with Crippen LogP contribution in [-0.2, 0) is 6.42 Å². The number of aliphatic hydroxyl groups is 1. The summed E-state index contributed by atoms with van der Waals surface area (Å²) >= 11 is 0. The first-order valence-electron chi connectivity index (χ1n) is 5.10. The van der Waals surface area contributed by atoms with Crippen LogP contribution in [0.5, 0.6) is 0 Å². The fraction of sp³-hybridized carbons (Fsp3) is 0.500. The molecule has 1 heteroatoms. The lowest BCUT2D eigenvalue weighted by molar-refractivity contribution is 0.266. The summed E-state index contributed by atoms with van der Waals surface area (Å²) in [7, 11) is 0. The van der Waals surface area contributed by atoms with Gasteiger partial charge in [0.1, 0.15) is 0 Å². The Bertz CT molecular complexity index is 328. The molecule has 0 amide bonds. The molecule has 0 spiro atoms. The van der Waals surface area contributed by atoms with Gasteiger partial charge in [0.25, 0.3) is 0 Å². The minimum atomic E-state index is 0.379. The summed E-state index contributed by atoms with van der Waals surface area (Å²) < 4.78 is 0. The van der Waals surface area contributed by atoms with Gasteiger partial charge in [0.2, 0.25) is 0 Å². The van der Waals surface area contributed by atoms with Crippen LogP contribution < -0.4 is 0 Å². The second-order valence-electron chi connectivity index (χ2n) is 4.27. The van der Waals surface area contributed by atoms with E-state index in [0.29, 0.717) is 18.4 Å². The average molecular weight is 174 g/mol. The first kappa shape index (κ1) is 7.57. The second-order valence-corrected chi connectivity index (χ2v) is 4.27. The van der Waals surface area contributed by atoms with Crippen molar-refractivity contribution in [2.75, 3.05) is 6.61 Å². The van der Waals surface area contributed by atoms with E-state index in [4.69, 9.17) is 5.11 Å². The topological polar surface area (TPSA) is 20.2 Å². The Labute approximate surface area is 78.4 Å². The normalized spacial score (nSPS) is 35.0. The number of aliphatic hydroxyl groups excluding tert-OH is 1. The Kier molecular flexibility index (Phi) is 1.50. The van der Waals surface area contributed by atoms with E-state index in [0.717, 1.165) is 5.92 Å². The van der Waals surface area contributed by atoms with Gasteiger partial charge in [0.15, 0.2) is 0 Å². The molecule has 1 aromatic rings. The van der Waals surface area contributed by atoms with E-state index in [1.54, 1.807) is 0 Å². The summed E-state index contributed by atoms with van der Waals surface area (Å²) in [5.74, 6) is 2.05.